The summed E-state index contributed by atoms with van der Waals surface area (Å²) in [4.78, 5) is 11.0. The standard InChI is InChI=1S/C12H18N2O5S/c1-18-11-6-4-5-10(9-11)14(20(3,16)17)8-7-13-12(15)19-2/h4-6,9H,7-8H2,1-3H3,(H,13,15). The number of ether oxygens (including phenoxy) is 2. The van der Waals surface area contributed by atoms with Gasteiger partial charge >= 0.3 is 6.09 Å². The average Bonchev–Trinajstić information content (AvgIpc) is 2.41. The number of amides is 1. The lowest BCUT2D eigenvalue weighted by molar-refractivity contribution is 0.171. The maximum absolute atomic E-state index is 11.8. The van der Waals surface area contributed by atoms with E-state index in [4.69, 9.17) is 4.74 Å². The summed E-state index contributed by atoms with van der Waals surface area (Å²) in [7, 11) is -0.717. The molecule has 0 aliphatic rings. The van der Waals surface area contributed by atoms with Gasteiger partial charge in [0.1, 0.15) is 5.75 Å². The predicted molar refractivity (Wildman–Crippen MR) is 75.6 cm³/mol. The van der Waals surface area contributed by atoms with Gasteiger partial charge in [0.15, 0.2) is 0 Å². The Morgan fingerprint density at radius 2 is 2.05 bits per heavy atom. The summed E-state index contributed by atoms with van der Waals surface area (Å²) in [5.74, 6) is 0.553. The molecular weight excluding hydrogens is 284 g/mol. The number of hydrogen-bond donors (Lipinski definition) is 1. The Kier molecular flexibility index (Phi) is 5.63. The van der Waals surface area contributed by atoms with E-state index in [0.717, 1.165) is 6.26 Å². The third-order valence-corrected chi connectivity index (χ3v) is 3.71. The van der Waals surface area contributed by atoms with Crippen LogP contribution in [0.5, 0.6) is 5.75 Å². The molecule has 0 unspecified atom stereocenters. The zero-order chi connectivity index (χ0) is 15.2. The van der Waals surface area contributed by atoms with E-state index in [1.807, 2.05) is 0 Å². The summed E-state index contributed by atoms with van der Waals surface area (Å²) in [6.45, 7) is 0.234. The van der Waals surface area contributed by atoms with Crippen molar-refractivity contribution >= 4 is 21.8 Å². The molecular formula is C12H18N2O5S. The lowest BCUT2D eigenvalue weighted by atomic mass is 10.3. The summed E-state index contributed by atoms with van der Waals surface area (Å²) in [5, 5.41) is 2.43. The molecule has 1 aromatic carbocycles. The molecule has 0 radical (unpaired) electrons. The average molecular weight is 302 g/mol. The van der Waals surface area contributed by atoms with Crippen molar-refractivity contribution in [3.63, 3.8) is 0 Å². The fourth-order valence-electron chi connectivity index (χ4n) is 1.58. The summed E-state index contributed by atoms with van der Waals surface area (Å²) < 4.78 is 34.3. The molecule has 20 heavy (non-hydrogen) atoms. The van der Waals surface area contributed by atoms with E-state index in [2.05, 4.69) is 10.1 Å². The normalized spacial score (nSPS) is 10.8. The number of nitrogens with one attached hydrogen (secondary N) is 1. The highest BCUT2D eigenvalue weighted by Gasteiger charge is 2.17. The molecule has 1 rings (SSSR count). The highest BCUT2D eigenvalue weighted by atomic mass is 32.2. The molecule has 7 nitrogen and oxygen atoms in total. The Balaban J connectivity index is 2.87. The van der Waals surface area contributed by atoms with Gasteiger partial charge in [-0.05, 0) is 12.1 Å². The Hall–Kier alpha value is -1.96. The third kappa shape index (κ3) is 4.61. The number of carbonyl (C=O) groups excluding carboxylic acids is 1. The molecule has 1 amide bonds. The van der Waals surface area contributed by atoms with Gasteiger partial charge in [0.25, 0.3) is 0 Å². The molecule has 0 saturated carbocycles. The first-order chi connectivity index (χ1) is 9.38. The first-order valence-corrected chi connectivity index (χ1v) is 7.67. The highest BCUT2D eigenvalue weighted by molar-refractivity contribution is 7.92. The van der Waals surface area contributed by atoms with Crippen LogP contribution in [0.15, 0.2) is 24.3 Å². The molecule has 0 aliphatic carbocycles. The number of carbonyl (C=O) groups is 1. The molecule has 0 aliphatic heterocycles. The first kappa shape index (κ1) is 16.1. The molecule has 1 N–H and O–H groups in total. The number of rotatable bonds is 6. The second-order valence-electron chi connectivity index (χ2n) is 3.95. The van der Waals surface area contributed by atoms with Crippen molar-refractivity contribution in [3.8, 4) is 5.75 Å². The van der Waals surface area contributed by atoms with Crippen LogP contribution in [0, 0.1) is 0 Å². The van der Waals surface area contributed by atoms with E-state index in [1.165, 1.54) is 18.5 Å². The van der Waals surface area contributed by atoms with Crippen molar-refractivity contribution < 1.29 is 22.7 Å². The summed E-state index contributed by atoms with van der Waals surface area (Å²) in [6, 6.07) is 6.68. The highest BCUT2D eigenvalue weighted by Crippen LogP contribution is 2.22. The first-order valence-electron chi connectivity index (χ1n) is 5.82. The van der Waals surface area contributed by atoms with E-state index >= 15 is 0 Å². The maximum Gasteiger partial charge on any atom is 0.406 e. The van der Waals surface area contributed by atoms with Crippen LogP contribution >= 0.6 is 0 Å². The van der Waals surface area contributed by atoms with Crippen molar-refractivity contribution in [1.82, 2.24) is 5.32 Å². The van der Waals surface area contributed by atoms with Gasteiger partial charge in [-0.3, -0.25) is 4.31 Å². The van der Waals surface area contributed by atoms with Crippen LogP contribution in [0.2, 0.25) is 0 Å². The van der Waals surface area contributed by atoms with E-state index < -0.39 is 16.1 Å². The predicted octanol–water partition coefficient (Wildman–Crippen LogP) is 0.817. The van der Waals surface area contributed by atoms with Crippen molar-refractivity contribution in [2.75, 3.05) is 37.9 Å². The number of methoxy groups -OCH3 is 2. The van der Waals surface area contributed by atoms with Gasteiger partial charge in [0.05, 0.1) is 32.7 Å². The van der Waals surface area contributed by atoms with E-state index in [-0.39, 0.29) is 13.1 Å². The van der Waals surface area contributed by atoms with Crippen LogP contribution in [-0.4, -0.2) is 48.1 Å². The van der Waals surface area contributed by atoms with E-state index in [0.29, 0.717) is 11.4 Å². The second-order valence-corrected chi connectivity index (χ2v) is 5.86. The number of hydrogen-bond acceptors (Lipinski definition) is 5. The fraction of sp³-hybridized carbons (Fsp3) is 0.417. The molecule has 0 spiro atoms. The Bertz CT molecular complexity index is 559. The molecule has 0 aromatic heterocycles. The zero-order valence-electron chi connectivity index (χ0n) is 11.6. The second kappa shape index (κ2) is 6.99. The minimum Gasteiger partial charge on any atom is -0.497 e. The summed E-state index contributed by atoms with van der Waals surface area (Å²) in [6.07, 6.45) is 0.494. The zero-order valence-corrected chi connectivity index (χ0v) is 12.4. The van der Waals surface area contributed by atoms with E-state index in [9.17, 15) is 13.2 Å². The van der Waals surface area contributed by atoms with Crippen molar-refractivity contribution in [2.45, 2.75) is 0 Å². The van der Waals surface area contributed by atoms with Gasteiger partial charge in [0.2, 0.25) is 10.0 Å². The van der Waals surface area contributed by atoms with Crippen LogP contribution < -0.4 is 14.4 Å². The molecule has 1 aromatic rings. The fourth-order valence-corrected chi connectivity index (χ4v) is 2.50. The van der Waals surface area contributed by atoms with Gasteiger partial charge in [0, 0.05) is 12.6 Å². The van der Waals surface area contributed by atoms with Gasteiger partial charge < -0.3 is 14.8 Å². The number of benzene rings is 1. The van der Waals surface area contributed by atoms with Crippen LogP contribution in [-0.2, 0) is 14.8 Å². The van der Waals surface area contributed by atoms with Crippen LogP contribution in [0.1, 0.15) is 0 Å². The lowest BCUT2D eigenvalue weighted by Crippen LogP contribution is -2.38. The molecule has 112 valence electrons. The van der Waals surface area contributed by atoms with Gasteiger partial charge in [-0.1, -0.05) is 6.07 Å². The van der Waals surface area contributed by atoms with Gasteiger partial charge in [-0.2, -0.15) is 0 Å². The van der Waals surface area contributed by atoms with Crippen molar-refractivity contribution in [1.29, 1.82) is 0 Å². The maximum atomic E-state index is 11.8. The number of sulfonamides is 1. The smallest absolute Gasteiger partial charge is 0.406 e. The minimum atomic E-state index is -3.46. The minimum absolute atomic E-state index is 0.0983. The molecule has 0 saturated heterocycles. The number of alkyl carbamates (subject to hydrolysis) is 1. The topological polar surface area (TPSA) is 84.9 Å². The van der Waals surface area contributed by atoms with E-state index in [1.54, 1.807) is 24.3 Å². The van der Waals surface area contributed by atoms with Crippen LogP contribution in [0.3, 0.4) is 0 Å². The van der Waals surface area contributed by atoms with Crippen LogP contribution in [0.4, 0.5) is 10.5 Å². The largest absolute Gasteiger partial charge is 0.497 e. The molecule has 0 heterocycles. The monoisotopic (exact) mass is 302 g/mol. The van der Waals surface area contributed by atoms with Crippen molar-refractivity contribution in [3.05, 3.63) is 24.3 Å². The Morgan fingerprint density at radius 1 is 1.35 bits per heavy atom. The Morgan fingerprint density at radius 3 is 2.60 bits per heavy atom. The molecule has 0 fully saturated rings. The summed E-state index contributed by atoms with van der Waals surface area (Å²) >= 11 is 0. The lowest BCUT2D eigenvalue weighted by Gasteiger charge is -2.22. The van der Waals surface area contributed by atoms with Crippen molar-refractivity contribution in [2.24, 2.45) is 0 Å². The van der Waals surface area contributed by atoms with Crippen LogP contribution in [0.25, 0.3) is 0 Å². The quantitative estimate of drug-likeness (QED) is 0.841. The molecule has 0 bridgehead atoms. The number of nitrogens with zero attached hydrogens (tertiary/aromatic N) is 1. The van der Waals surface area contributed by atoms with Gasteiger partial charge in [-0.25, -0.2) is 13.2 Å². The Labute approximate surface area is 118 Å². The summed E-state index contributed by atoms with van der Waals surface area (Å²) in [5.41, 5.74) is 0.471. The van der Waals surface area contributed by atoms with Gasteiger partial charge in [-0.15, -0.1) is 0 Å². The SMILES string of the molecule is COC(=O)NCCN(c1cccc(OC)c1)S(C)(=O)=O. The third-order valence-electron chi connectivity index (χ3n) is 2.51. The molecule has 8 heteroatoms. The molecule has 0 atom stereocenters. The number of anilines is 1.